The summed E-state index contributed by atoms with van der Waals surface area (Å²) in [6.45, 7) is 4.61. The molecule has 2 aromatic rings. The molecule has 0 amide bonds. The van der Waals surface area contributed by atoms with E-state index in [2.05, 4.69) is 10.4 Å². The SMILES string of the molecule is CCC(CNc1cnn(C)c(=O)c1Cl)Oc1cccc(C)c1. The highest BCUT2D eigenvalue weighted by Gasteiger charge is 2.11. The number of nitrogens with one attached hydrogen (secondary N) is 1. The summed E-state index contributed by atoms with van der Waals surface area (Å²) >= 11 is 6.03. The van der Waals surface area contributed by atoms with E-state index >= 15 is 0 Å². The maximum Gasteiger partial charge on any atom is 0.287 e. The van der Waals surface area contributed by atoms with Crippen LogP contribution in [-0.2, 0) is 7.05 Å². The van der Waals surface area contributed by atoms with Gasteiger partial charge in [0.1, 0.15) is 16.9 Å². The molecule has 1 heterocycles. The van der Waals surface area contributed by atoms with Gasteiger partial charge in [0.25, 0.3) is 5.56 Å². The summed E-state index contributed by atoms with van der Waals surface area (Å²) in [5.74, 6) is 0.835. The number of nitrogens with zero attached hydrogens (tertiary/aromatic N) is 2. The molecule has 0 saturated carbocycles. The number of hydrogen-bond donors (Lipinski definition) is 1. The third kappa shape index (κ3) is 4.01. The van der Waals surface area contributed by atoms with Crippen LogP contribution in [0.4, 0.5) is 5.69 Å². The lowest BCUT2D eigenvalue weighted by Gasteiger charge is -2.19. The summed E-state index contributed by atoms with van der Waals surface area (Å²) in [5.41, 5.74) is 1.36. The monoisotopic (exact) mass is 321 g/mol. The number of benzene rings is 1. The molecule has 6 heteroatoms. The molecule has 0 saturated heterocycles. The molecule has 1 aromatic heterocycles. The van der Waals surface area contributed by atoms with E-state index in [0.717, 1.165) is 17.7 Å². The maximum atomic E-state index is 11.7. The van der Waals surface area contributed by atoms with E-state index in [0.29, 0.717) is 12.2 Å². The van der Waals surface area contributed by atoms with Gasteiger partial charge in [0, 0.05) is 7.05 Å². The number of halogens is 1. The Morgan fingerprint density at radius 1 is 1.45 bits per heavy atom. The fraction of sp³-hybridized carbons (Fsp3) is 0.375. The molecule has 5 nitrogen and oxygen atoms in total. The van der Waals surface area contributed by atoms with E-state index < -0.39 is 0 Å². The molecule has 1 aromatic carbocycles. The highest BCUT2D eigenvalue weighted by atomic mass is 35.5. The smallest absolute Gasteiger partial charge is 0.287 e. The fourth-order valence-corrected chi connectivity index (χ4v) is 2.25. The molecule has 1 unspecified atom stereocenters. The van der Waals surface area contributed by atoms with E-state index in [1.807, 2.05) is 38.1 Å². The molecule has 0 bridgehead atoms. The van der Waals surface area contributed by atoms with Crippen molar-refractivity contribution in [1.29, 1.82) is 0 Å². The summed E-state index contributed by atoms with van der Waals surface area (Å²) in [5, 5.41) is 7.23. The Kier molecular flexibility index (Phi) is 5.44. The lowest BCUT2D eigenvalue weighted by molar-refractivity contribution is 0.210. The van der Waals surface area contributed by atoms with Crippen molar-refractivity contribution in [3.05, 3.63) is 51.4 Å². The van der Waals surface area contributed by atoms with E-state index in [9.17, 15) is 4.79 Å². The molecule has 22 heavy (non-hydrogen) atoms. The summed E-state index contributed by atoms with van der Waals surface area (Å²) in [4.78, 5) is 11.7. The van der Waals surface area contributed by atoms with Crippen LogP contribution in [0.3, 0.4) is 0 Å². The minimum atomic E-state index is -0.320. The molecule has 0 aliphatic heterocycles. The topological polar surface area (TPSA) is 56.2 Å². The molecule has 118 valence electrons. The van der Waals surface area contributed by atoms with Gasteiger partial charge in [0.2, 0.25) is 0 Å². The Labute approximate surface area is 134 Å². The number of aromatic nitrogens is 2. The first-order valence-electron chi connectivity index (χ1n) is 7.20. The summed E-state index contributed by atoms with van der Waals surface area (Å²) < 4.78 is 7.15. The van der Waals surface area contributed by atoms with Crippen LogP contribution in [0.15, 0.2) is 35.3 Å². The molecule has 0 fully saturated rings. The largest absolute Gasteiger partial charge is 0.489 e. The Balaban J connectivity index is 2.02. The summed E-state index contributed by atoms with van der Waals surface area (Å²) in [6.07, 6.45) is 2.35. The van der Waals surface area contributed by atoms with Crippen molar-refractivity contribution in [2.75, 3.05) is 11.9 Å². The highest BCUT2D eigenvalue weighted by Crippen LogP contribution is 2.18. The summed E-state index contributed by atoms with van der Waals surface area (Å²) in [6, 6.07) is 7.92. The van der Waals surface area contributed by atoms with Crippen LogP contribution in [0.2, 0.25) is 5.02 Å². The molecule has 0 aliphatic carbocycles. The predicted octanol–water partition coefficient (Wildman–Crippen LogP) is 3.01. The van der Waals surface area contributed by atoms with Gasteiger partial charge in [-0.3, -0.25) is 4.79 Å². The van der Waals surface area contributed by atoms with Crippen LogP contribution >= 0.6 is 11.6 Å². The number of anilines is 1. The zero-order valence-electron chi connectivity index (χ0n) is 13.0. The first-order valence-corrected chi connectivity index (χ1v) is 7.58. The van der Waals surface area contributed by atoms with Gasteiger partial charge >= 0.3 is 0 Å². The second-order valence-corrected chi connectivity index (χ2v) is 5.52. The minimum Gasteiger partial charge on any atom is -0.489 e. The van der Waals surface area contributed by atoms with Crippen LogP contribution < -0.4 is 15.6 Å². The van der Waals surface area contributed by atoms with Crippen LogP contribution in [0.25, 0.3) is 0 Å². The standard InChI is InChI=1S/C16H20ClN3O2/c1-4-12(22-13-7-5-6-11(2)8-13)9-18-14-10-19-20(3)16(21)15(14)17/h5-8,10,12,18H,4,9H2,1-3H3. The first-order chi connectivity index (χ1) is 10.5. The third-order valence-electron chi connectivity index (χ3n) is 3.35. The van der Waals surface area contributed by atoms with Gasteiger partial charge in [0.15, 0.2) is 0 Å². The Bertz CT molecular complexity index is 700. The van der Waals surface area contributed by atoms with E-state index in [-0.39, 0.29) is 16.7 Å². The fourth-order valence-electron chi connectivity index (χ4n) is 2.01. The quantitative estimate of drug-likeness (QED) is 0.888. The molecule has 1 N–H and O–H groups in total. The third-order valence-corrected chi connectivity index (χ3v) is 3.71. The molecule has 2 rings (SSSR count). The van der Waals surface area contributed by atoms with Gasteiger partial charge < -0.3 is 10.1 Å². The van der Waals surface area contributed by atoms with Gasteiger partial charge in [-0.15, -0.1) is 0 Å². The highest BCUT2D eigenvalue weighted by molar-refractivity contribution is 6.32. The van der Waals surface area contributed by atoms with Crippen molar-refractivity contribution in [2.45, 2.75) is 26.4 Å². The van der Waals surface area contributed by atoms with Crippen molar-refractivity contribution >= 4 is 17.3 Å². The Hall–Kier alpha value is -2.01. The van der Waals surface area contributed by atoms with Crippen LogP contribution in [0.5, 0.6) is 5.75 Å². The zero-order valence-corrected chi connectivity index (χ0v) is 13.7. The minimum absolute atomic E-state index is 0.0260. The van der Waals surface area contributed by atoms with E-state index in [1.54, 1.807) is 13.2 Å². The normalized spacial score (nSPS) is 12.0. The lowest BCUT2D eigenvalue weighted by Crippen LogP contribution is -2.27. The molecule has 1 atom stereocenters. The van der Waals surface area contributed by atoms with Crippen LogP contribution in [-0.4, -0.2) is 22.4 Å². The van der Waals surface area contributed by atoms with Gasteiger partial charge in [-0.2, -0.15) is 5.10 Å². The summed E-state index contributed by atoms with van der Waals surface area (Å²) in [7, 11) is 1.56. The van der Waals surface area contributed by atoms with Gasteiger partial charge in [0.05, 0.1) is 18.4 Å². The Morgan fingerprint density at radius 2 is 2.23 bits per heavy atom. The molecular weight excluding hydrogens is 302 g/mol. The van der Waals surface area contributed by atoms with Crippen molar-refractivity contribution < 1.29 is 4.74 Å². The predicted molar refractivity (Wildman–Crippen MR) is 88.9 cm³/mol. The van der Waals surface area contributed by atoms with Crippen molar-refractivity contribution in [3.63, 3.8) is 0 Å². The Morgan fingerprint density at radius 3 is 2.91 bits per heavy atom. The second kappa shape index (κ2) is 7.31. The van der Waals surface area contributed by atoms with Crippen molar-refractivity contribution in [3.8, 4) is 5.75 Å². The van der Waals surface area contributed by atoms with Crippen LogP contribution in [0, 0.1) is 6.92 Å². The van der Waals surface area contributed by atoms with Crippen molar-refractivity contribution in [2.24, 2.45) is 7.05 Å². The van der Waals surface area contributed by atoms with Gasteiger partial charge in [-0.05, 0) is 31.0 Å². The molecular formula is C16H20ClN3O2. The first kappa shape index (κ1) is 16.4. The average Bonchev–Trinajstić information content (AvgIpc) is 2.50. The molecule has 0 radical (unpaired) electrons. The maximum absolute atomic E-state index is 11.7. The number of rotatable bonds is 6. The average molecular weight is 322 g/mol. The second-order valence-electron chi connectivity index (χ2n) is 5.15. The van der Waals surface area contributed by atoms with E-state index in [1.165, 1.54) is 4.68 Å². The molecule has 0 aliphatic rings. The van der Waals surface area contributed by atoms with Crippen molar-refractivity contribution in [1.82, 2.24) is 9.78 Å². The van der Waals surface area contributed by atoms with Crippen LogP contribution in [0.1, 0.15) is 18.9 Å². The number of ether oxygens (including phenoxy) is 1. The zero-order chi connectivity index (χ0) is 16.1. The van der Waals surface area contributed by atoms with Gasteiger partial charge in [-0.1, -0.05) is 30.7 Å². The van der Waals surface area contributed by atoms with E-state index in [4.69, 9.17) is 16.3 Å². The number of hydrogen-bond acceptors (Lipinski definition) is 4. The van der Waals surface area contributed by atoms with Gasteiger partial charge in [-0.25, -0.2) is 4.68 Å². The lowest BCUT2D eigenvalue weighted by atomic mass is 10.2. The molecule has 0 spiro atoms. The number of aryl methyl sites for hydroxylation is 2.